The van der Waals surface area contributed by atoms with E-state index < -0.39 is 0 Å². The average molecular weight is 298 g/mol. The highest BCUT2D eigenvalue weighted by atomic mass is 16.2. The van der Waals surface area contributed by atoms with Crippen LogP contribution in [0.15, 0.2) is 31.0 Å². The molecule has 1 amide bonds. The highest BCUT2D eigenvalue weighted by molar-refractivity contribution is 5.77. The lowest BCUT2D eigenvalue weighted by Gasteiger charge is -2.25. The maximum atomic E-state index is 12.1. The maximum Gasteiger partial charge on any atom is 0.222 e. The van der Waals surface area contributed by atoms with Crippen LogP contribution in [0, 0.1) is 0 Å². The summed E-state index contributed by atoms with van der Waals surface area (Å²) in [4.78, 5) is 31.0. The molecule has 22 heavy (non-hydrogen) atoms. The van der Waals surface area contributed by atoms with Crippen LogP contribution < -0.4 is 5.32 Å². The van der Waals surface area contributed by atoms with Crippen molar-refractivity contribution in [3.63, 3.8) is 0 Å². The molecule has 0 unspecified atom stereocenters. The second-order valence-electron chi connectivity index (χ2n) is 5.10. The minimum atomic E-state index is -0.0275. The van der Waals surface area contributed by atoms with Gasteiger partial charge in [-0.25, -0.2) is 9.97 Å². The predicted octanol–water partition coefficient (Wildman–Crippen LogP) is 2.08. The molecule has 7 heteroatoms. The van der Waals surface area contributed by atoms with Gasteiger partial charge in [0, 0.05) is 37.8 Å². The smallest absolute Gasteiger partial charge is 0.222 e. The predicted molar refractivity (Wildman–Crippen MR) is 81.3 cm³/mol. The van der Waals surface area contributed by atoms with E-state index in [0.717, 1.165) is 25.1 Å². The summed E-state index contributed by atoms with van der Waals surface area (Å²) in [6.45, 7) is 2.66. The van der Waals surface area contributed by atoms with Crippen molar-refractivity contribution in [1.29, 1.82) is 0 Å². The first-order valence-corrected chi connectivity index (χ1v) is 7.43. The SMILES string of the molecule is CCC(=O)N1CCC[C@H]1c1nccnc1Nc1cnccn1. The third-order valence-electron chi connectivity index (χ3n) is 3.73. The summed E-state index contributed by atoms with van der Waals surface area (Å²) in [5.74, 6) is 1.39. The van der Waals surface area contributed by atoms with Gasteiger partial charge < -0.3 is 10.2 Å². The Hall–Kier alpha value is -2.57. The molecule has 2 aromatic heterocycles. The van der Waals surface area contributed by atoms with Crippen molar-refractivity contribution in [3.8, 4) is 0 Å². The first kappa shape index (κ1) is 14.4. The van der Waals surface area contributed by atoms with E-state index in [4.69, 9.17) is 0 Å². The van der Waals surface area contributed by atoms with Gasteiger partial charge in [-0.3, -0.25) is 14.8 Å². The molecule has 2 aromatic rings. The first-order chi connectivity index (χ1) is 10.8. The Labute approximate surface area is 128 Å². The molecule has 0 aliphatic carbocycles. The average Bonchev–Trinajstić information content (AvgIpc) is 3.05. The number of likely N-dealkylation sites (tertiary alicyclic amines) is 1. The summed E-state index contributed by atoms with van der Waals surface area (Å²) in [6, 6.07) is -0.0275. The second-order valence-corrected chi connectivity index (χ2v) is 5.10. The van der Waals surface area contributed by atoms with Crippen LogP contribution in [0.5, 0.6) is 0 Å². The number of nitrogens with one attached hydrogen (secondary N) is 1. The number of amides is 1. The minimum Gasteiger partial charge on any atom is -0.334 e. The number of anilines is 2. The van der Waals surface area contributed by atoms with Crippen LogP contribution in [0.4, 0.5) is 11.6 Å². The van der Waals surface area contributed by atoms with Gasteiger partial charge in [0.05, 0.1) is 12.2 Å². The Morgan fingerprint density at radius 1 is 1.27 bits per heavy atom. The number of nitrogens with zero attached hydrogens (tertiary/aromatic N) is 5. The number of rotatable bonds is 4. The van der Waals surface area contributed by atoms with E-state index in [2.05, 4.69) is 25.3 Å². The van der Waals surface area contributed by atoms with Crippen molar-refractivity contribution >= 4 is 17.5 Å². The fourth-order valence-electron chi connectivity index (χ4n) is 2.73. The Morgan fingerprint density at radius 2 is 2.09 bits per heavy atom. The molecule has 7 nitrogen and oxygen atoms in total. The Bertz CT molecular complexity index is 647. The third-order valence-corrected chi connectivity index (χ3v) is 3.73. The Morgan fingerprint density at radius 3 is 2.86 bits per heavy atom. The van der Waals surface area contributed by atoms with Gasteiger partial charge in [0.25, 0.3) is 0 Å². The monoisotopic (exact) mass is 298 g/mol. The van der Waals surface area contributed by atoms with Crippen LogP contribution in [0.25, 0.3) is 0 Å². The second kappa shape index (κ2) is 6.46. The maximum absolute atomic E-state index is 12.1. The lowest BCUT2D eigenvalue weighted by Crippen LogP contribution is -2.30. The zero-order valence-electron chi connectivity index (χ0n) is 12.4. The van der Waals surface area contributed by atoms with Gasteiger partial charge in [-0.1, -0.05) is 6.92 Å². The summed E-state index contributed by atoms with van der Waals surface area (Å²) in [5.41, 5.74) is 0.785. The van der Waals surface area contributed by atoms with E-state index in [9.17, 15) is 4.79 Å². The van der Waals surface area contributed by atoms with Crippen molar-refractivity contribution < 1.29 is 4.79 Å². The Balaban J connectivity index is 1.89. The van der Waals surface area contributed by atoms with Crippen LogP contribution in [-0.4, -0.2) is 37.3 Å². The number of carbonyl (C=O) groups is 1. The molecule has 1 aliphatic rings. The third kappa shape index (κ3) is 2.88. The quantitative estimate of drug-likeness (QED) is 0.930. The molecule has 0 radical (unpaired) electrons. The van der Waals surface area contributed by atoms with Gasteiger partial charge in [-0.2, -0.15) is 0 Å². The summed E-state index contributed by atoms with van der Waals surface area (Å²) in [5, 5.41) is 3.14. The van der Waals surface area contributed by atoms with Crippen LogP contribution >= 0.6 is 0 Å². The number of hydrogen-bond acceptors (Lipinski definition) is 6. The van der Waals surface area contributed by atoms with Crippen molar-refractivity contribution in [2.24, 2.45) is 0 Å². The molecular formula is C15H18N6O. The first-order valence-electron chi connectivity index (χ1n) is 7.43. The van der Waals surface area contributed by atoms with E-state index in [1.54, 1.807) is 31.0 Å². The standard InChI is InChI=1S/C15H18N6O/c1-2-13(22)21-9-3-4-11(21)14-15(19-8-7-18-14)20-12-10-16-5-6-17-12/h5-8,10-11H,2-4,9H2,1H3,(H,17,19,20)/t11-/m0/s1. The molecule has 1 saturated heterocycles. The lowest BCUT2D eigenvalue weighted by atomic mass is 10.1. The van der Waals surface area contributed by atoms with E-state index >= 15 is 0 Å². The fourth-order valence-corrected chi connectivity index (χ4v) is 2.73. The van der Waals surface area contributed by atoms with Gasteiger partial charge in [-0.05, 0) is 12.8 Å². The molecule has 1 atom stereocenters. The zero-order chi connectivity index (χ0) is 15.4. The lowest BCUT2D eigenvalue weighted by molar-refractivity contribution is -0.131. The van der Waals surface area contributed by atoms with Gasteiger partial charge in [0.15, 0.2) is 5.82 Å². The molecular weight excluding hydrogens is 280 g/mol. The van der Waals surface area contributed by atoms with Gasteiger partial charge in [0.2, 0.25) is 5.91 Å². The molecule has 0 bridgehead atoms. The van der Waals surface area contributed by atoms with Crippen molar-refractivity contribution in [1.82, 2.24) is 24.8 Å². The van der Waals surface area contributed by atoms with E-state index in [0.29, 0.717) is 18.1 Å². The highest BCUT2D eigenvalue weighted by Gasteiger charge is 2.32. The van der Waals surface area contributed by atoms with Gasteiger partial charge in [0.1, 0.15) is 11.5 Å². The molecule has 3 heterocycles. The van der Waals surface area contributed by atoms with Crippen LogP contribution in [-0.2, 0) is 4.79 Å². The molecule has 3 rings (SSSR count). The van der Waals surface area contributed by atoms with Gasteiger partial charge in [-0.15, -0.1) is 0 Å². The van der Waals surface area contributed by atoms with Crippen LogP contribution in [0.2, 0.25) is 0 Å². The molecule has 0 spiro atoms. The molecule has 1 N–H and O–H groups in total. The minimum absolute atomic E-state index is 0.0275. The molecule has 0 saturated carbocycles. The van der Waals surface area contributed by atoms with E-state index in [1.807, 2.05) is 11.8 Å². The van der Waals surface area contributed by atoms with Crippen molar-refractivity contribution in [2.45, 2.75) is 32.2 Å². The largest absolute Gasteiger partial charge is 0.334 e. The summed E-state index contributed by atoms with van der Waals surface area (Å²) >= 11 is 0. The summed E-state index contributed by atoms with van der Waals surface area (Å²) in [7, 11) is 0. The van der Waals surface area contributed by atoms with Crippen molar-refractivity contribution in [3.05, 3.63) is 36.7 Å². The number of carbonyl (C=O) groups excluding carboxylic acids is 1. The van der Waals surface area contributed by atoms with Crippen LogP contribution in [0.3, 0.4) is 0 Å². The zero-order valence-corrected chi connectivity index (χ0v) is 12.4. The molecule has 1 aliphatic heterocycles. The van der Waals surface area contributed by atoms with E-state index in [1.165, 1.54) is 0 Å². The molecule has 0 aromatic carbocycles. The van der Waals surface area contributed by atoms with Crippen LogP contribution in [0.1, 0.15) is 37.9 Å². The number of aromatic nitrogens is 4. The fraction of sp³-hybridized carbons (Fsp3) is 0.400. The number of hydrogen-bond donors (Lipinski definition) is 1. The topological polar surface area (TPSA) is 83.9 Å². The molecule has 1 fully saturated rings. The highest BCUT2D eigenvalue weighted by Crippen LogP contribution is 2.34. The van der Waals surface area contributed by atoms with Gasteiger partial charge >= 0.3 is 0 Å². The summed E-state index contributed by atoms with van der Waals surface area (Å²) in [6.07, 6.45) is 10.5. The van der Waals surface area contributed by atoms with Crippen molar-refractivity contribution in [2.75, 3.05) is 11.9 Å². The summed E-state index contributed by atoms with van der Waals surface area (Å²) < 4.78 is 0. The van der Waals surface area contributed by atoms with E-state index in [-0.39, 0.29) is 11.9 Å². The Kier molecular flexibility index (Phi) is 4.22. The molecule has 114 valence electrons. The normalized spacial score (nSPS) is 17.5.